The third-order valence-corrected chi connectivity index (χ3v) is 6.18. The van der Waals surface area contributed by atoms with Crippen LogP contribution in [0.3, 0.4) is 0 Å². The molecule has 5 rings (SSSR count). The maximum Gasteiger partial charge on any atom is 0.232 e. The lowest BCUT2D eigenvalue weighted by Crippen LogP contribution is -2.38. The molecular formula is C22H27N5O. The van der Waals surface area contributed by atoms with Crippen molar-refractivity contribution in [2.45, 2.75) is 57.2 Å². The van der Waals surface area contributed by atoms with Crippen molar-refractivity contribution in [1.29, 1.82) is 0 Å². The second-order valence-corrected chi connectivity index (χ2v) is 8.05. The molecule has 0 radical (unpaired) electrons. The molecule has 0 amide bonds. The number of hydrogen-bond acceptors (Lipinski definition) is 5. The lowest BCUT2D eigenvalue weighted by atomic mass is 9.86. The fourth-order valence-corrected chi connectivity index (χ4v) is 4.59. The highest BCUT2D eigenvalue weighted by Gasteiger charge is 2.27. The van der Waals surface area contributed by atoms with Crippen LogP contribution < -0.4 is 15.4 Å². The molecule has 2 N–H and O–H groups in total. The zero-order valence-electron chi connectivity index (χ0n) is 16.3. The first-order valence-corrected chi connectivity index (χ1v) is 10.3. The van der Waals surface area contributed by atoms with Crippen LogP contribution in [0.1, 0.15) is 62.3 Å². The molecule has 1 aliphatic carbocycles. The van der Waals surface area contributed by atoms with Gasteiger partial charge in [-0.1, -0.05) is 24.3 Å². The summed E-state index contributed by atoms with van der Waals surface area (Å²) in [6, 6.07) is 12.9. The van der Waals surface area contributed by atoms with Gasteiger partial charge in [-0.2, -0.15) is 0 Å². The predicted molar refractivity (Wildman–Crippen MR) is 110 cm³/mol. The number of nitrogens with two attached hydrogens (primary N) is 1. The number of rotatable bonds is 3. The van der Waals surface area contributed by atoms with Crippen molar-refractivity contribution in [3.63, 3.8) is 0 Å². The van der Waals surface area contributed by atoms with Gasteiger partial charge in [0.05, 0.1) is 6.20 Å². The Morgan fingerprint density at radius 2 is 1.86 bits per heavy atom. The fraction of sp³-hybridized carbons (Fsp3) is 0.455. The Hall–Kier alpha value is -2.60. The van der Waals surface area contributed by atoms with Crippen LogP contribution in [0.2, 0.25) is 0 Å². The van der Waals surface area contributed by atoms with E-state index in [9.17, 15) is 0 Å². The summed E-state index contributed by atoms with van der Waals surface area (Å²) in [5.74, 6) is 1.76. The van der Waals surface area contributed by atoms with Crippen molar-refractivity contribution >= 4 is 11.6 Å². The van der Waals surface area contributed by atoms with Crippen LogP contribution in [0.5, 0.6) is 5.75 Å². The number of nitrogens with zero attached hydrogens (tertiary/aromatic N) is 4. The number of hydrogen-bond donors (Lipinski definition) is 1. The molecule has 1 fully saturated rings. The number of aromatic nitrogens is 3. The van der Waals surface area contributed by atoms with E-state index < -0.39 is 0 Å². The molecule has 6 heteroatoms. The smallest absolute Gasteiger partial charge is 0.232 e. The molecule has 0 saturated carbocycles. The summed E-state index contributed by atoms with van der Waals surface area (Å²) in [6.45, 7) is 3.30. The zero-order chi connectivity index (χ0) is 19.1. The standard InChI is InChI=1S/C22H27N5O/c1-15-6-4-5-13-26(15)22-25-24-21-12-9-16(14-27(21)22)28-20-11-10-19(23)17-7-2-3-8-18(17)20/h2-3,7-9,12,14-15,19-20H,4-6,10-11,13,23H2,1H3/t15?,19-,20+/m0/s1. The minimum atomic E-state index is 0.0299. The molecule has 2 aliphatic rings. The molecule has 1 unspecified atom stereocenters. The van der Waals surface area contributed by atoms with Crippen molar-refractivity contribution in [2.75, 3.05) is 11.4 Å². The predicted octanol–water partition coefficient (Wildman–Crippen LogP) is 4.02. The minimum Gasteiger partial charge on any atom is -0.484 e. The third-order valence-electron chi connectivity index (χ3n) is 6.18. The summed E-state index contributed by atoms with van der Waals surface area (Å²) < 4.78 is 8.49. The summed E-state index contributed by atoms with van der Waals surface area (Å²) in [5.41, 5.74) is 9.55. The molecule has 6 nitrogen and oxygen atoms in total. The van der Waals surface area contributed by atoms with Crippen molar-refractivity contribution in [3.05, 3.63) is 53.7 Å². The Balaban J connectivity index is 1.46. The number of fused-ring (bicyclic) bond motifs is 2. The Bertz CT molecular complexity index is 984. The Morgan fingerprint density at radius 1 is 1.00 bits per heavy atom. The monoisotopic (exact) mass is 377 g/mol. The zero-order valence-corrected chi connectivity index (χ0v) is 16.3. The Kier molecular flexibility index (Phi) is 4.43. The van der Waals surface area contributed by atoms with Gasteiger partial charge < -0.3 is 15.4 Å². The molecule has 146 valence electrons. The average Bonchev–Trinajstić information content (AvgIpc) is 3.14. The van der Waals surface area contributed by atoms with Crippen LogP contribution in [-0.2, 0) is 0 Å². The summed E-state index contributed by atoms with van der Waals surface area (Å²) in [4.78, 5) is 2.36. The summed E-state index contributed by atoms with van der Waals surface area (Å²) >= 11 is 0. The van der Waals surface area contributed by atoms with Gasteiger partial charge in [0.1, 0.15) is 11.9 Å². The molecule has 3 heterocycles. The topological polar surface area (TPSA) is 68.7 Å². The highest BCUT2D eigenvalue weighted by atomic mass is 16.5. The summed E-state index contributed by atoms with van der Waals surface area (Å²) in [6.07, 6.45) is 7.61. The van der Waals surface area contributed by atoms with E-state index in [4.69, 9.17) is 10.5 Å². The van der Waals surface area contributed by atoms with Crippen LogP contribution in [0.15, 0.2) is 42.6 Å². The van der Waals surface area contributed by atoms with E-state index in [-0.39, 0.29) is 12.1 Å². The number of ether oxygens (including phenoxy) is 1. The van der Waals surface area contributed by atoms with E-state index in [0.717, 1.165) is 36.7 Å². The molecule has 0 bridgehead atoms. The van der Waals surface area contributed by atoms with E-state index in [1.54, 1.807) is 0 Å². The van der Waals surface area contributed by atoms with E-state index >= 15 is 0 Å². The van der Waals surface area contributed by atoms with Gasteiger partial charge in [-0.25, -0.2) is 0 Å². The average molecular weight is 377 g/mol. The van der Waals surface area contributed by atoms with E-state index in [2.05, 4.69) is 50.7 Å². The molecule has 28 heavy (non-hydrogen) atoms. The highest BCUT2D eigenvalue weighted by Crippen LogP contribution is 2.37. The largest absolute Gasteiger partial charge is 0.484 e. The van der Waals surface area contributed by atoms with Gasteiger partial charge in [0.2, 0.25) is 5.95 Å². The first-order chi connectivity index (χ1) is 13.7. The maximum atomic E-state index is 6.43. The lowest BCUT2D eigenvalue weighted by Gasteiger charge is -2.33. The van der Waals surface area contributed by atoms with Gasteiger partial charge in [-0.3, -0.25) is 4.40 Å². The van der Waals surface area contributed by atoms with Crippen LogP contribution in [-0.4, -0.2) is 27.2 Å². The summed E-state index contributed by atoms with van der Waals surface area (Å²) in [5, 5.41) is 8.83. The molecular weight excluding hydrogens is 350 g/mol. The first-order valence-electron chi connectivity index (χ1n) is 10.3. The summed E-state index contributed by atoms with van der Waals surface area (Å²) in [7, 11) is 0. The normalized spacial score (nSPS) is 24.9. The van der Waals surface area contributed by atoms with Gasteiger partial charge in [-0.05, 0) is 62.3 Å². The second-order valence-electron chi connectivity index (χ2n) is 8.05. The quantitative estimate of drug-likeness (QED) is 0.746. The number of benzene rings is 1. The van der Waals surface area contributed by atoms with Crippen LogP contribution in [0.25, 0.3) is 5.65 Å². The third kappa shape index (κ3) is 3.02. The minimum absolute atomic E-state index is 0.0299. The van der Waals surface area contributed by atoms with Crippen LogP contribution >= 0.6 is 0 Å². The van der Waals surface area contributed by atoms with Gasteiger partial charge in [0, 0.05) is 18.6 Å². The van der Waals surface area contributed by atoms with Crippen LogP contribution in [0, 0.1) is 0 Å². The molecule has 1 saturated heterocycles. The van der Waals surface area contributed by atoms with Crippen molar-refractivity contribution in [2.24, 2.45) is 5.73 Å². The van der Waals surface area contributed by atoms with Gasteiger partial charge in [0.15, 0.2) is 5.65 Å². The number of pyridine rings is 1. The van der Waals surface area contributed by atoms with Gasteiger partial charge in [0.25, 0.3) is 0 Å². The fourth-order valence-electron chi connectivity index (χ4n) is 4.59. The molecule has 1 aliphatic heterocycles. The molecule has 1 aromatic carbocycles. The van der Waals surface area contributed by atoms with E-state index in [1.165, 1.54) is 30.4 Å². The van der Waals surface area contributed by atoms with Crippen molar-refractivity contribution in [3.8, 4) is 5.75 Å². The molecule has 3 aromatic rings. The second kappa shape index (κ2) is 7.09. The number of anilines is 1. The Labute approximate surface area is 165 Å². The highest BCUT2D eigenvalue weighted by molar-refractivity contribution is 5.49. The molecule has 2 aromatic heterocycles. The van der Waals surface area contributed by atoms with Gasteiger partial charge in [-0.15, -0.1) is 10.2 Å². The van der Waals surface area contributed by atoms with Crippen molar-refractivity contribution < 1.29 is 4.74 Å². The lowest BCUT2D eigenvalue weighted by molar-refractivity contribution is 0.176. The molecule has 0 spiro atoms. The number of piperidine rings is 1. The van der Waals surface area contributed by atoms with Crippen molar-refractivity contribution in [1.82, 2.24) is 14.6 Å². The first kappa shape index (κ1) is 17.5. The van der Waals surface area contributed by atoms with Gasteiger partial charge >= 0.3 is 0 Å². The molecule has 3 atom stereocenters. The van der Waals surface area contributed by atoms with E-state index in [1.807, 2.05) is 18.3 Å². The maximum absolute atomic E-state index is 6.43. The van der Waals surface area contributed by atoms with E-state index in [0.29, 0.717) is 6.04 Å². The van der Waals surface area contributed by atoms with Crippen LogP contribution in [0.4, 0.5) is 5.95 Å². The Morgan fingerprint density at radius 3 is 2.71 bits per heavy atom. The SMILES string of the molecule is CC1CCCCN1c1nnc2ccc(O[C@@H]3CC[C@H](N)c4ccccc43)cn12.